The molecular weight excluding hydrogens is 248 g/mol. The van der Waals surface area contributed by atoms with Gasteiger partial charge in [0.15, 0.2) is 0 Å². The van der Waals surface area contributed by atoms with Gasteiger partial charge in [0.2, 0.25) is 0 Å². The molecule has 98 valence electrons. The maximum atomic E-state index is 10.2. The molecule has 0 fully saturated rings. The Bertz CT molecular complexity index is 845. The van der Waals surface area contributed by atoms with Crippen molar-refractivity contribution in [3.63, 3.8) is 0 Å². The molecule has 4 rings (SSSR count). The summed E-state index contributed by atoms with van der Waals surface area (Å²) in [5.74, 6) is 0. The van der Waals surface area contributed by atoms with Crippen molar-refractivity contribution in [2.45, 2.75) is 6.10 Å². The van der Waals surface area contributed by atoms with E-state index >= 15 is 0 Å². The van der Waals surface area contributed by atoms with Gasteiger partial charge in [0, 0.05) is 18.0 Å². The summed E-state index contributed by atoms with van der Waals surface area (Å²) in [7, 11) is 1.95. The van der Waals surface area contributed by atoms with E-state index in [0.29, 0.717) is 0 Å². The number of aryl methyl sites for hydroxylation is 1. The average molecular weight is 262 g/mol. The molecule has 0 bridgehead atoms. The fraction of sp³-hybridized carbons (Fsp3) is 0.118. The van der Waals surface area contributed by atoms with Crippen LogP contribution in [0.1, 0.15) is 22.9 Å². The van der Waals surface area contributed by atoms with Crippen LogP contribution in [0.2, 0.25) is 0 Å². The van der Waals surface area contributed by atoms with Crippen molar-refractivity contribution in [1.82, 2.24) is 9.78 Å². The molecular formula is C17H14N2O. The lowest BCUT2D eigenvalue weighted by atomic mass is 10.0. The largest absolute Gasteiger partial charge is 0.384 e. The van der Waals surface area contributed by atoms with Gasteiger partial charge in [-0.05, 0) is 23.3 Å². The summed E-state index contributed by atoms with van der Waals surface area (Å²) in [6, 6.07) is 16.1. The van der Waals surface area contributed by atoms with Crippen molar-refractivity contribution in [3.05, 3.63) is 71.4 Å². The standard InChI is InChI=1S/C17H14N2O/c1-19-15-9-5-4-8-13(15)17(18-19)14-10-16(20)12-7-3-2-6-11(12)14/h2-10,16,20H,1H3. The molecule has 1 heterocycles. The van der Waals surface area contributed by atoms with Crippen molar-refractivity contribution in [2.24, 2.45) is 7.05 Å². The zero-order valence-corrected chi connectivity index (χ0v) is 11.1. The lowest BCUT2D eigenvalue weighted by Crippen LogP contribution is -1.92. The number of hydrogen-bond donors (Lipinski definition) is 1. The first-order valence-corrected chi connectivity index (χ1v) is 6.67. The summed E-state index contributed by atoms with van der Waals surface area (Å²) < 4.78 is 1.89. The Hall–Kier alpha value is -2.39. The summed E-state index contributed by atoms with van der Waals surface area (Å²) in [6.07, 6.45) is 1.35. The summed E-state index contributed by atoms with van der Waals surface area (Å²) >= 11 is 0. The van der Waals surface area contributed by atoms with Crippen LogP contribution in [0.3, 0.4) is 0 Å². The van der Waals surface area contributed by atoms with Crippen LogP contribution >= 0.6 is 0 Å². The molecule has 0 saturated heterocycles. The molecule has 0 saturated carbocycles. The Balaban J connectivity index is 2.00. The second-order valence-electron chi connectivity index (χ2n) is 5.10. The van der Waals surface area contributed by atoms with Gasteiger partial charge in [-0.15, -0.1) is 0 Å². The highest BCUT2D eigenvalue weighted by molar-refractivity contribution is 5.97. The van der Waals surface area contributed by atoms with Crippen LogP contribution in [0, 0.1) is 0 Å². The molecule has 1 aliphatic rings. The first-order valence-electron chi connectivity index (χ1n) is 6.67. The first-order chi connectivity index (χ1) is 9.75. The topological polar surface area (TPSA) is 38.0 Å². The Morgan fingerprint density at radius 1 is 1.05 bits per heavy atom. The molecule has 1 aromatic heterocycles. The molecule has 1 atom stereocenters. The van der Waals surface area contributed by atoms with Crippen molar-refractivity contribution >= 4 is 16.5 Å². The van der Waals surface area contributed by atoms with E-state index in [2.05, 4.69) is 17.2 Å². The molecule has 3 heteroatoms. The molecule has 3 nitrogen and oxygen atoms in total. The highest BCUT2D eigenvalue weighted by Gasteiger charge is 2.25. The maximum Gasteiger partial charge on any atom is 0.101 e. The van der Waals surface area contributed by atoms with Gasteiger partial charge in [-0.25, -0.2) is 0 Å². The molecule has 0 aliphatic heterocycles. The number of para-hydroxylation sites is 1. The smallest absolute Gasteiger partial charge is 0.101 e. The number of benzene rings is 2. The second-order valence-corrected chi connectivity index (χ2v) is 5.10. The van der Waals surface area contributed by atoms with Crippen molar-refractivity contribution in [3.8, 4) is 0 Å². The Kier molecular flexibility index (Phi) is 2.32. The average Bonchev–Trinajstić information content (AvgIpc) is 2.99. The molecule has 0 amide bonds. The quantitative estimate of drug-likeness (QED) is 0.732. The van der Waals surface area contributed by atoms with Gasteiger partial charge in [-0.1, -0.05) is 42.5 Å². The number of fused-ring (bicyclic) bond motifs is 2. The molecule has 2 aromatic carbocycles. The van der Waals surface area contributed by atoms with Gasteiger partial charge < -0.3 is 5.11 Å². The second kappa shape index (κ2) is 4.05. The summed E-state index contributed by atoms with van der Waals surface area (Å²) in [4.78, 5) is 0. The molecule has 1 N–H and O–H groups in total. The van der Waals surface area contributed by atoms with Gasteiger partial charge in [-0.3, -0.25) is 4.68 Å². The number of rotatable bonds is 1. The zero-order valence-electron chi connectivity index (χ0n) is 11.1. The third-order valence-corrected chi connectivity index (χ3v) is 3.91. The minimum Gasteiger partial charge on any atom is -0.384 e. The van der Waals surface area contributed by atoms with Crippen LogP contribution in [-0.4, -0.2) is 14.9 Å². The zero-order chi connectivity index (χ0) is 13.7. The Labute approximate surface area is 116 Å². The Morgan fingerprint density at radius 2 is 1.80 bits per heavy atom. The van der Waals surface area contributed by atoms with E-state index in [1.54, 1.807) is 0 Å². The van der Waals surface area contributed by atoms with Crippen LogP contribution in [0.5, 0.6) is 0 Å². The SMILES string of the molecule is Cn1nc(C2=CC(O)c3ccccc32)c2ccccc21. The minimum absolute atomic E-state index is 0.540. The van der Waals surface area contributed by atoms with E-state index in [1.165, 1.54) is 0 Å². The molecule has 20 heavy (non-hydrogen) atoms. The fourth-order valence-corrected chi connectivity index (χ4v) is 2.96. The number of hydrogen-bond acceptors (Lipinski definition) is 2. The van der Waals surface area contributed by atoms with E-state index in [1.807, 2.05) is 54.2 Å². The third-order valence-electron chi connectivity index (χ3n) is 3.91. The molecule has 3 aromatic rings. The van der Waals surface area contributed by atoms with E-state index in [9.17, 15) is 5.11 Å². The molecule has 0 radical (unpaired) electrons. The van der Waals surface area contributed by atoms with E-state index in [0.717, 1.165) is 33.3 Å². The predicted molar refractivity (Wildman–Crippen MR) is 79.2 cm³/mol. The molecule has 1 aliphatic carbocycles. The predicted octanol–water partition coefficient (Wildman–Crippen LogP) is 3.05. The summed E-state index contributed by atoms with van der Waals surface area (Å²) in [6.45, 7) is 0. The lowest BCUT2D eigenvalue weighted by Gasteiger charge is -2.04. The van der Waals surface area contributed by atoms with E-state index < -0.39 is 6.10 Å². The number of aliphatic hydroxyl groups excluding tert-OH is 1. The fourth-order valence-electron chi connectivity index (χ4n) is 2.96. The van der Waals surface area contributed by atoms with Gasteiger partial charge in [0.1, 0.15) is 5.69 Å². The van der Waals surface area contributed by atoms with Gasteiger partial charge in [-0.2, -0.15) is 5.10 Å². The van der Waals surface area contributed by atoms with Gasteiger partial charge in [0.25, 0.3) is 0 Å². The van der Waals surface area contributed by atoms with Crippen molar-refractivity contribution in [2.75, 3.05) is 0 Å². The van der Waals surface area contributed by atoms with Gasteiger partial charge in [0.05, 0.1) is 11.6 Å². The van der Waals surface area contributed by atoms with Crippen LogP contribution in [-0.2, 0) is 7.05 Å². The minimum atomic E-state index is -0.540. The molecule has 1 unspecified atom stereocenters. The highest BCUT2D eigenvalue weighted by Crippen LogP contribution is 2.39. The lowest BCUT2D eigenvalue weighted by molar-refractivity contribution is 0.232. The van der Waals surface area contributed by atoms with Crippen LogP contribution in [0.4, 0.5) is 0 Å². The van der Waals surface area contributed by atoms with Gasteiger partial charge >= 0.3 is 0 Å². The summed E-state index contributed by atoms with van der Waals surface area (Å²) in [5.41, 5.74) is 5.08. The highest BCUT2D eigenvalue weighted by atomic mass is 16.3. The van der Waals surface area contributed by atoms with Crippen LogP contribution in [0.25, 0.3) is 16.5 Å². The van der Waals surface area contributed by atoms with E-state index in [-0.39, 0.29) is 0 Å². The van der Waals surface area contributed by atoms with Crippen molar-refractivity contribution in [1.29, 1.82) is 0 Å². The number of aromatic nitrogens is 2. The molecule has 0 spiro atoms. The maximum absolute atomic E-state index is 10.2. The van der Waals surface area contributed by atoms with Crippen LogP contribution in [0.15, 0.2) is 54.6 Å². The van der Waals surface area contributed by atoms with E-state index in [4.69, 9.17) is 0 Å². The monoisotopic (exact) mass is 262 g/mol. The van der Waals surface area contributed by atoms with Crippen molar-refractivity contribution < 1.29 is 5.11 Å². The third kappa shape index (κ3) is 1.47. The number of nitrogens with zero attached hydrogens (tertiary/aromatic N) is 2. The summed E-state index contributed by atoms with van der Waals surface area (Å²) in [5, 5.41) is 15.9. The number of aliphatic hydroxyl groups is 1. The normalized spacial score (nSPS) is 17.3. The van der Waals surface area contributed by atoms with Crippen LogP contribution < -0.4 is 0 Å². The Morgan fingerprint density at radius 3 is 2.70 bits per heavy atom. The first kappa shape index (κ1) is 11.4.